The molecule has 0 saturated heterocycles. The van der Waals surface area contributed by atoms with Crippen molar-refractivity contribution in [3.63, 3.8) is 0 Å². The van der Waals surface area contributed by atoms with Crippen molar-refractivity contribution in [3.8, 4) is 0 Å². The average molecular weight is 268 g/mol. The summed E-state index contributed by atoms with van der Waals surface area (Å²) < 4.78 is 0. The fourth-order valence-corrected chi connectivity index (χ4v) is 2.15. The molecule has 0 aliphatic rings. The van der Waals surface area contributed by atoms with Crippen LogP contribution in [0.15, 0.2) is 0 Å². The summed E-state index contributed by atoms with van der Waals surface area (Å²) >= 11 is 0. The molecule has 0 spiro atoms. The van der Waals surface area contributed by atoms with E-state index >= 15 is 0 Å². The zero-order valence-corrected chi connectivity index (χ0v) is 13.3. The molecule has 112 valence electrons. The Labute approximate surface area is 119 Å². The maximum absolute atomic E-state index is 11.6. The minimum atomic E-state index is 0.137. The highest BCUT2D eigenvalue weighted by Crippen LogP contribution is 2.11. The Hall–Kier alpha value is -0.660. The molecule has 2 heteroatoms. The third kappa shape index (κ3) is 13.6. The molecule has 0 fully saturated rings. The molecule has 19 heavy (non-hydrogen) atoms. The molecule has 0 bridgehead atoms. The topological polar surface area (TPSA) is 34.1 Å². The smallest absolute Gasteiger partial charge is 0.140 e. The Morgan fingerprint density at radius 3 is 1.37 bits per heavy atom. The van der Waals surface area contributed by atoms with Crippen LogP contribution in [0.4, 0.5) is 0 Å². The second kappa shape index (κ2) is 11.2. The minimum Gasteiger partial charge on any atom is -0.299 e. The Morgan fingerprint density at radius 1 is 0.684 bits per heavy atom. The Morgan fingerprint density at radius 2 is 1.05 bits per heavy atom. The SMILES string of the molecule is CC(C)CCCCC(=O)CC(=O)CCCCC(C)C. The Kier molecular flexibility index (Phi) is 10.8. The lowest BCUT2D eigenvalue weighted by Crippen LogP contribution is -2.07. The van der Waals surface area contributed by atoms with Crippen molar-refractivity contribution in [2.75, 3.05) is 0 Å². The van der Waals surface area contributed by atoms with Gasteiger partial charge in [0.2, 0.25) is 0 Å². The van der Waals surface area contributed by atoms with E-state index in [4.69, 9.17) is 0 Å². The van der Waals surface area contributed by atoms with Gasteiger partial charge < -0.3 is 0 Å². The minimum absolute atomic E-state index is 0.137. The van der Waals surface area contributed by atoms with Crippen LogP contribution in [0.2, 0.25) is 0 Å². The van der Waals surface area contributed by atoms with Crippen molar-refractivity contribution in [3.05, 3.63) is 0 Å². The van der Waals surface area contributed by atoms with Gasteiger partial charge in [0.1, 0.15) is 11.6 Å². The lowest BCUT2D eigenvalue weighted by Gasteiger charge is -2.05. The summed E-state index contributed by atoms with van der Waals surface area (Å²) in [5.74, 6) is 1.69. The molecule has 0 aliphatic carbocycles. The summed E-state index contributed by atoms with van der Waals surface area (Å²) in [6.45, 7) is 8.79. The molecule has 0 rings (SSSR count). The van der Waals surface area contributed by atoms with Gasteiger partial charge in [-0.15, -0.1) is 0 Å². The van der Waals surface area contributed by atoms with Crippen LogP contribution in [-0.2, 0) is 9.59 Å². The van der Waals surface area contributed by atoms with E-state index in [1.807, 2.05) is 0 Å². The predicted octanol–water partition coefficient (Wildman–Crippen LogP) is 4.95. The molecule has 2 nitrogen and oxygen atoms in total. The largest absolute Gasteiger partial charge is 0.299 e. The molecule has 0 aliphatic heterocycles. The summed E-state index contributed by atoms with van der Waals surface area (Å²) in [5.41, 5.74) is 0. The van der Waals surface area contributed by atoms with Crippen LogP contribution < -0.4 is 0 Å². The number of rotatable bonds is 12. The second-order valence-electron chi connectivity index (χ2n) is 6.53. The van der Waals surface area contributed by atoms with Gasteiger partial charge in [-0.2, -0.15) is 0 Å². The summed E-state index contributed by atoms with van der Waals surface area (Å²) in [6, 6.07) is 0. The first kappa shape index (κ1) is 18.3. The summed E-state index contributed by atoms with van der Waals surface area (Å²) in [4.78, 5) is 23.2. The summed E-state index contributed by atoms with van der Waals surface area (Å²) in [7, 11) is 0. The van der Waals surface area contributed by atoms with Gasteiger partial charge in [0.05, 0.1) is 6.42 Å². The number of unbranched alkanes of at least 4 members (excludes halogenated alkanes) is 2. The van der Waals surface area contributed by atoms with Gasteiger partial charge in [-0.25, -0.2) is 0 Å². The van der Waals surface area contributed by atoms with Crippen LogP contribution >= 0.6 is 0 Å². The van der Waals surface area contributed by atoms with Gasteiger partial charge >= 0.3 is 0 Å². The monoisotopic (exact) mass is 268 g/mol. The average Bonchev–Trinajstić information content (AvgIpc) is 2.30. The highest BCUT2D eigenvalue weighted by molar-refractivity contribution is 5.98. The fraction of sp³-hybridized carbons (Fsp3) is 0.882. The number of hydrogen-bond donors (Lipinski definition) is 0. The predicted molar refractivity (Wildman–Crippen MR) is 81.2 cm³/mol. The van der Waals surface area contributed by atoms with Gasteiger partial charge in [0, 0.05) is 12.8 Å². The van der Waals surface area contributed by atoms with E-state index in [1.54, 1.807) is 0 Å². The Bertz CT molecular complexity index is 228. The zero-order valence-electron chi connectivity index (χ0n) is 13.3. The van der Waals surface area contributed by atoms with Crippen molar-refractivity contribution < 1.29 is 9.59 Å². The quantitative estimate of drug-likeness (QED) is 0.371. The highest BCUT2D eigenvalue weighted by atomic mass is 16.1. The standard InChI is InChI=1S/C17H32O2/c1-14(2)9-5-7-11-16(18)13-17(19)12-8-6-10-15(3)4/h14-15H,5-13H2,1-4H3. The molecule has 0 aromatic carbocycles. The summed E-state index contributed by atoms with van der Waals surface area (Å²) in [6.07, 6.45) is 7.79. The van der Waals surface area contributed by atoms with Crippen LogP contribution in [0.1, 0.15) is 85.5 Å². The van der Waals surface area contributed by atoms with E-state index in [1.165, 1.54) is 12.8 Å². The Balaban J connectivity index is 3.50. The molecular weight excluding hydrogens is 236 g/mol. The molecule has 0 atom stereocenters. The van der Waals surface area contributed by atoms with Crippen molar-refractivity contribution in [2.24, 2.45) is 11.8 Å². The maximum Gasteiger partial charge on any atom is 0.140 e. The van der Waals surface area contributed by atoms with Crippen LogP contribution in [0.5, 0.6) is 0 Å². The first-order chi connectivity index (χ1) is 8.91. The van der Waals surface area contributed by atoms with Crippen molar-refractivity contribution in [1.29, 1.82) is 0 Å². The summed E-state index contributed by atoms with van der Waals surface area (Å²) in [5, 5.41) is 0. The van der Waals surface area contributed by atoms with Crippen LogP contribution in [0.3, 0.4) is 0 Å². The zero-order chi connectivity index (χ0) is 14.7. The van der Waals surface area contributed by atoms with E-state index in [-0.39, 0.29) is 18.0 Å². The number of carbonyl (C=O) groups is 2. The lowest BCUT2D eigenvalue weighted by molar-refractivity contribution is -0.127. The number of ketones is 2. The number of Topliss-reactive ketones (excluding diaryl/α,β-unsaturated/α-hetero) is 2. The van der Waals surface area contributed by atoms with Crippen LogP contribution in [0, 0.1) is 11.8 Å². The molecule has 0 aromatic heterocycles. The molecule has 0 N–H and O–H groups in total. The van der Waals surface area contributed by atoms with Crippen molar-refractivity contribution >= 4 is 11.6 Å². The van der Waals surface area contributed by atoms with E-state index in [0.717, 1.165) is 25.7 Å². The molecule has 0 saturated carbocycles. The van der Waals surface area contributed by atoms with Gasteiger partial charge in [-0.3, -0.25) is 9.59 Å². The van der Waals surface area contributed by atoms with Crippen LogP contribution in [0.25, 0.3) is 0 Å². The first-order valence-electron chi connectivity index (χ1n) is 7.95. The van der Waals surface area contributed by atoms with Crippen molar-refractivity contribution in [1.82, 2.24) is 0 Å². The molecule has 0 aromatic rings. The molecule has 0 unspecified atom stereocenters. The number of hydrogen-bond acceptors (Lipinski definition) is 2. The normalized spacial score (nSPS) is 11.3. The van der Waals surface area contributed by atoms with E-state index < -0.39 is 0 Å². The lowest BCUT2D eigenvalue weighted by atomic mass is 10.00. The third-order valence-electron chi connectivity index (χ3n) is 3.37. The van der Waals surface area contributed by atoms with Gasteiger partial charge in [0.15, 0.2) is 0 Å². The second-order valence-corrected chi connectivity index (χ2v) is 6.53. The fourth-order valence-electron chi connectivity index (χ4n) is 2.15. The highest BCUT2D eigenvalue weighted by Gasteiger charge is 2.09. The molecule has 0 amide bonds. The third-order valence-corrected chi connectivity index (χ3v) is 3.37. The first-order valence-corrected chi connectivity index (χ1v) is 7.95. The van der Waals surface area contributed by atoms with Gasteiger partial charge in [-0.1, -0.05) is 53.4 Å². The van der Waals surface area contributed by atoms with E-state index in [0.29, 0.717) is 24.7 Å². The van der Waals surface area contributed by atoms with Gasteiger partial charge in [0.25, 0.3) is 0 Å². The number of carbonyl (C=O) groups excluding carboxylic acids is 2. The van der Waals surface area contributed by atoms with E-state index in [2.05, 4.69) is 27.7 Å². The van der Waals surface area contributed by atoms with Gasteiger partial charge in [-0.05, 0) is 24.7 Å². The molecule has 0 radical (unpaired) electrons. The molecular formula is C17H32O2. The maximum atomic E-state index is 11.6. The van der Waals surface area contributed by atoms with E-state index in [9.17, 15) is 9.59 Å². The van der Waals surface area contributed by atoms with Crippen LogP contribution in [-0.4, -0.2) is 11.6 Å². The van der Waals surface area contributed by atoms with Crippen molar-refractivity contribution in [2.45, 2.75) is 85.5 Å². The molecule has 0 heterocycles.